The fourth-order valence-electron chi connectivity index (χ4n) is 1.22. The third-order valence-corrected chi connectivity index (χ3v) is 1.90. The molecule has 0 amide bonds. The Balaban J connectivity index is 2.24. The van der Waals surface area contributed by atoms with Gasteiger partial charge in [0.15, 0.2) is 0 Å². The monoisotopic (exact) mass is 145 g/mol. The van der Waals surface area contributed by atoms with Gasteiger partial charge in [0.25, 0.3) is 0 Å². The summed E-state index contributed by atoms with van der Waals surface area (Å²) in [5.41, 5.74) is 5.57. The molecule has 1 heterocycles. The number of nitrogens with two attached hydrogens (primary N) is 1. The van der Waals surface area contributed by atoms with E-state index in [1.165, 1.54) is 6.42 Å². The fourth-order valence-corrected chi connectivity index (χ4v) is 1.22. The second kappa shape index (κ2) is 3.91. The normalized spacial score (nSPS) is 30.0. The molecule has 3 N–H and O–H groups in total. The highest BCUT2D eigenvalue weighted by Gasteiger charge is 2.19. The molecule has 1 saturated heterocycles. The molecule has 2 atom stereocenters. The molecular weight excluding hydrogens is 130 g/mol. The zero-order chi connectivity index (χ0) is 7.40. The second-order valence-corrected chi connectivity index (χ2v) is 2.75. The first-order chi connectivity index (χ1) is 4.84. The van der Waals surface area contributed by atoms with E-state index in [2.05, 4.69) is 0 Å². The lowest BCUT2D eigenvalue weighted by Gasteiger charge is -2.26. The summed E-state index contributed by atoms with van der Waals surface area (Å²) in [5, 5.41) is 8.68. The highest BCUT2D eigenvalue weighted by atomic mass is 16.5. The van der Waals surface area contributed by atoms with Gasteiger partial charge in [-0.25, -0.2) is 0 Å². The molecule has 60 valence electrons. The SMILES string of the molecule is N[C@H](CO)C1CCCCO1. The molecule has 1 rings (SSSR count). The Bertz CT molecular complexity index is 91.6. The van der Waals surface area contributed by atoms with E-state index in [-0.39, 0.29) is 18.8 Å². The number of ether oxygens (including phenoxy) is 1. The molecule has 0 spiro atoms. The second-order valence-electron chi connectivity index (χ2n) is 2.75. The molecule has 1 aliphatic heterocycles. The molecule has 1 aliphatic rings. The van der Waals surface area contributed by atoms with Crippen molar-refractivity contribution < 1.29 is 9.84 Å². The van der Waals surface area contributed by atoms with Crippen molar-refractivity contribution in [3.63, 3.8) is 0 Å². The van der Waals surface area contributed by atoms with E-state index in [0.29, 0.717) is 0 Å². The number of hydrogen-bond donors (Lipinski definition) is 2. The van der Waals surface area contributed by atoms with E-state index < -0.39 is 0 Å². The zero-order valence-electron chi connectivity index (χ0n) is 6.12. The van der Waals surface area contributed by atoms with Gasteiger partial charge in [-0.2, -0.15) is 0 Å². The Morgan fingerprint density at radius 2 is 2.40 bits per heavy atom. The summed E-state index contributed by atoms with van der Waals surface area (Å²) in [4.78, 5) is 0. The minimum Gasteiger partial charge on any atom is -0.395 e. The van der Waals surface area contributed by atoms with Crippen LogP contribution >= 0.6 is 0 Å². The fraction of sp³-hybridized carbons (Fsp3) is 1.00. The molecule has 1 fully saturated rings. The Kier molecular flexibility index (Phi) is 3.12. The molecule has 0 aromatic heterocycles. The van der Waals surface area contributed by atoms with Gasteiger partial charge in [-0.15, -0.1) is 0 Å². The highest BCUT2D eigenvalue weighted by Crippen LogP contribution is 2.14. The van der Waals surface area contributed by atoms with Crippen LogP contribution in [0.25, 0.3) is 0 Å². The molecule has 0 bridgehead atoms. The predicted molar refractivity (Wildman–Crippen MR) is 38.7 cm³/mol. The van der Waals surface area contributed by atoms with Crippen LogP contribution in [-0.4, -0.2) is 30.5 Å². The quantitative estimate of drug-likeness (QED) is 0.569. The molecule has 3 heteroatoms. The molecule has 0 aromatic rings. The van der Waals surface area contributed by atoms with E-state index in [1.807, 2.05) is 0 Å². The summed E-state index contributed by atoms with van der Waals surface area (Å²) >= 11 is 0. The number of rotatable bonds is 2. The molecule has 3 nitrogen and oxygen atoms in total. The molecule has 10 heavy (non-hydrogen) atoms. The summed E-state index contributed by atoms with van der Waals surface area (Å²) in [6, 6.07) is -0.180. The first-order valence-corrected chi connectivity index (χ1v) is 3.82. The van der Waals surface area contributed by atoms with Crippen molar-refractivity contribution in [2.75, 3.05) is 13.2 Å². The third-order valence-electron chi connectivity index (χ3n) is 1.90. The number of aliphatic hydroxyl groups is 1. The van der Waals surface area contributed by atoms with Crippen LogP contribution in [0.2, 0.25) is 0 Å². The van der Waals surface area contributed by atoms with Crippen molar-refractivity contribution in [2.45, 2.75) is 31.4 Å². The Labute approximate surface area is 61.2 Å². The van der Waals surface area contributed by atoms with E-state index in [0.717, 1.165) is 19.4 Å². The zero-order valence-corrected chi connectivity index (χ0v) is 6.12. The average molecular weight is 145 g/mol. The van der Waals surface area contributed by atoms with E-state index in [1.54, 1.807) is 0 Å². The van der Waals surface area contributed by atoms with Crippen LogP contribution in [0, 0.1) is 0 Å². The third kappa shape index (κ3) is 1.94. The lowest BCUT2D eigenvalue weighted by molar-refractivity contribution is -0.0104. The minimum atomic E-state index is -0.180. The first kappa shape index (κ1) is 7.98. The molecule has 0 aromatic carbocycles. The summed E-state index contributed by atoms with van der Waals surface area (Å²) in [5.74, 6) is 0. The van der Waals surface area contributed by atoms with Gasteiger partial charge >= 0.3 is 0 Å². The van der Waals surface area contributed by atoms with Crippen LogP contribution < -0.4 is 5.73 Å². The topological polar surface area (TPSA) is 55.5 Å². The standard InChI is InChI=1S/C7H15NO2/c8-6(5-9)7-3-1-2-4-10-7/h6-7,9H,1-5,8H2/t6-,7?/m1/s1. The van der Waals surface area contributed by atoms with Gasteiger partial charge in [0, 0.05) is 6.61 Å². The van der Waals surface area contributed by atoms with Crippen LogP contribution in [0.3, 0.4) is 0 Å². The van der Waals surface area contributed by atoms with Gasteiger partial charge in [0.05, 0.1) is 18.8 Å². The van der Waals surface area contributed by atoms with E-state index in [9.17, 15) is 0 Å². The van der Waals surface area contributed by atoms with Crippen molar-refractivity contribution in [3.05, 3.63) is 0 Å². The maximum absolute atomic E-state index is 8.68. The van der Waals surface area contributed by atoms with Crippen molar-refractivity contribution in [1.82, 2.24) is 0 Å². The van der Waals surface area contributed by atoms with E-state index >= 15 is 0 Å². The van der Waals surface area contributed by atoms with Gasteiger partial charge in [-0.1, -0.05) is 0 Å². The lowest BCUT2D eigenvalue weighted by atomic mass is 10.0. The van der Waals surface area contributed by atoms with E-state index in [4.69, 9.17) is 15.6 Å². The summed E-state index contributed by atoms with van der Waals surface area (Å²) < 4.78 is 5.35. The summed E-state index contributed by atoms with van der Waals surface area (Å²) in [6.07, 6.45) is 3.41. The van der Waals surface area contributed by atoms with Crippen LogP contribution in [0.4, 0.5) is 0 Å². The van der Waals surface area contributed by atoms with Gasteiger partial charge in [0.2, 0.25) is 0 Å². The highest BCUT2D eigenvalue weighted by molar-refractivity contribution is 4.74. The van der Waals surface area contributed by atoms with Crippen LogP contribution in [0.15, 0.2) is 0 Å². The Morgan fingerprint density at radius 1 is 1.60 bits per heavy atom. The van der Waals surface area contributed by atoms with Gasteiger partial charge < -0.3 is 15.6 Å². The molecule has 1 unspecified atom stereocenters. The molecule has 0 aliphatic carbocycles. The Hall–Kier alpha value is -0.120. The van der Waals surface area contributed by atoms with Gasteiger partial charge in [0.1, 0.15) is 0 Å². The van der Waals surface area contributed by atoms with Gasteiger partial charge in [-0.05, 0) is 19.3 Å². The smallest absolute Gasteiger partial charge is 0.0748 e. The maximum Gasteiger partial charge on any atom is 0.0748 e. The van der Waals surface area contributed by atoms with Crippen molar-refractivity contribution in [1.29, 1.82) is 0 Å². The predicted octanol–water partition coefficient (Wildman–Crippen LogP) is -0.125. The lowest BCUT2D eigenvalue weighted by Crippen LogP contribution is -2.41. The van der Waals surface area contributed by atoms with Crippen molar-refractivity contribution in [2.24, 2.45) is 5.73 Å². The average Bonchev–Trinajstić information content (AvgIpc) is 2.05. The minimum absolute atomic E-state index is 0.0324. The Morgan fingerprint density at radius 3 is 2.90 bits per heavy atom. The molecular formula is C7H15NO2. The molecule has 0 saturated carbocycles. The maximum atomic E-state index is 8.68. The number of hydrogen-bond acceptors (Lipinski definition) is 3. The van der Waals surface area contributed by atoms with Crippen LogP contribution in [0.1, 0.15) is 19.3 Å². The number of aliphatic hydroxyl groups excluding tert-OH is 1. The largest absolute Gasteiger partial charge is 0.395 e. The van der Waals surface area contributed by atoms with Crippen molar-refractivity contribution >= 4 is 0 Å². The van der Waals surface area contributed by atoms with Crippen LogP contribution in [-0.2, 0) is 4.74 Å². The van der Waals surface area contributed by atoms with Gasteiger partial charge in [-0.3, -0.25) is 0 Å². The van der Waals surface area contributed by atoms with Crippen LogP contribution in [0.5, 0.6) is 0 Å². The summed E-state index contributed by atoms with van der Waals surface area (Å²) in [7, 11) is 0. The summed E-state index contributed by atoms with van der Waals surface area (Å²) in [6.45, 7) is 0.836. The molecule has 0 radical (unpaired) electrons. The van der Waals surface area contributed by atoms with Crippen molar-refractivity contribution in [3.8, 4) is 0 Å². The first-order valence-electron chi connectivity index (χ1n) is 3.82.